The molecule has 0 aromatic carbocycles. The third-order valence-corrected chi connectivity index (χ3v) is 2.26. The number of carboxylic acid groups (broad SMARTS) is 1. The van der Waals surface area contributed by atoms with E-state index in [4.69, 9.17) is 9.66 Å². The van der Waals surface area contributed by atoms with Gasteiger partial charge in [0.15, 0.2) is 0 Å². The molecule has 0 unspecified atom stereocenters. The minimum atomic E-state index is -6.90. The Balaban J connectivity index is -0.00000112. The van der Waals surface area contributed by atoms with E-state index in [9.17, 15) is 39.6 Å². The van der Waals surface area contributed by atoms with E-state index >= 15 is 0 Å². The molecule has 0 rings (SSSR count). The molecule has 17 heavy (non-hydrogen) atoms. The van der Waals surface area contributed by atoms with Crippen molar-refractivity contribution in [2.75, 3.05) is 0 Å². The predicted octanol–water partition coefficient (Wildman–Crippen LogP) is -2.06. The maximum atomic E-state index is 12.3. The van der Waals surface area contributed by atoms with E-state index in [1.165, 1.54) is 0 Å². The summed E-state index contributed by atoms with van der Waals surface area (Å²) in [5.74, 6) is -16.8. The fourth-order valence-corrected chi connectivity index (χ4v) is 0.931. The fraction of sp³-hybridized carbons (Fsp3) is 0.750. The maximum Gasteiger partial charge on any atom is 1.00 e. The number of aliphatic carboxylic acids is 1. The van der Waals surface area contributed by atoms with Crippen LogP contribution in [-0.2, 0) is 14.9 Å². The van der Waals surface area contributed by atoms with Crippen LogP contribution < -0.4 is 18.9 Å². The van der Waals surface area contributed by atoms with Crippen LogP contribution in [0.3, 0.4) is 0 Å². The van der Waals surface area contributed by atoms with E-state index in [1.54, 1.807) is 0 Å². The average molecular weight is 284 g/mol. The molecule has 0 aromatic rings. The van der Waals surface area contributed by atoms with Gasteiger partial charge in [-0.15, -0.1) is 0 Å². The van der Waals surface area contributed by atoms with Crippen LogP contribution in [0.2, 0.25) is 0 Å². The number of halogens is 6. The molecule has 13 heteroatoms. The van der Waals surface area contributed by atoms with Crippen molar-refractivity contribution < 1.29 is 69.5 Å². The normalized spacial score (nSPS) is 14.1. The molecule has 0 saturated carbocycles. The summed E-state index contributed by atoms with van der Waals surface area (Å²) in [7, 11) is -6.90. The first-order valence-electron chi connectivity index (χ1n) is 3.03. The van der Waals surface area contributed by atoms with Crippen molar-refractivity contribution in [2.24, 2.45) is 0 Å². The van der Waals surface area contributed by atoms with E-state index in [0.717, 1.165) is 0 Å². The van der Waals surface area contributed by atoms with Gasteiger partial charge < -0.3 is 6.53 Å². The van der Waals surface area contributed by atoms with Gasteiger partial charge in [0.1, 0.15) is 0 Å². The predicted molar refractivity (Wildman–Crippen MR) is 35.1 cm³/mol. The van der Waals surface area contributed by atoms with Crippen molar-refractivity contribution in [3.05, 3.63) is 0 Å². The summed E-state index contributed by atoms with van der Waals surface area (Å²) in [5.41, 5.74) is 0. The zero-order valence-electron chi connectivity index (χ0n) is 8.80. The molecule has 0 fully saturated rings. The van der Waals surface area contributed by atoms with Gasteiger partial charge >= 0.3 is 52.0 Å². The summed E-state index contributed by atoms with van der Waals surface area (Å²) in [5, 5.41) is 0.929. The summed E-state index contributed by atoms with van der Waals surface area (Å²) >= 11 is 0. The van der Waals surface area contributed by atoms with Crippen LogP contribution in [0.1, 0.15) is 1.43 Å². The summed E-state index contributed by atoms with van der Waals surface area (Å²) in [6.45, 7) is 0. The zero-order valence-corrected chi connectivity index (χ0v) is 8.61. The number of rotatable bonds is 4. The summed E-state index contributed by atoms with van der Waals surface area (Å²) in [4.78, 5) is 9.60. The van der Waals surface area contributed by atoms with Crippen LogP contribution in [-0.4, -0.2) is 41.1 Å². The molecule has 0 bridgehead atoms. The molecular weight excluding hydrogens is 281 g/mol. The second-order valence-corrected chi connectivity index (χ2v) is 3.91. The van der Waals surface area contributed by atoms with Gasteiger partial charge in [0.05, 0.1) is 0 Å². The van der Waals surface area contributed by atoms with Crippen LogP contribution >= 0.6 is 0 Å². The number of hydrogen-bond acceptors (Lipinski definition) is 3. The minimum Gasteiger partial charge on any atom is -1.00 e. The monoisotopic (exact) mass is 284 g/mol. The van der Waals surface area contributed by atoms with Gasteiger partial charge in [0.2, 0.25) is 0 Å². The minimum absolute atomic E-state index is 0. The molecule has 0 aliphatic heterocycles. The Kier molecular flexibility index (Phi) is 5.20. The van der Waals surface area contributed by atoms with Crippen molar-refractivity contribution in [3.63, 3.8) is 0 Å². The molecule has 0 amide bonds. The second-order valence-electron chi connectivity index (χ2n) is 2.45. The van der Waals surface area contributed by atoms with E-state index in [-0.39, 0.29) is 20.3 Å². The van der Waals surface area contributed by atoms with Crippen molar-refractivity contribution in [1.82, 2.24) is 0 Å². The van der Waals surface area contributed by atoms with Crippen LogP contribution in [0.25, 0.3) is 0 Å². The van der Waals surface area contributed by atoms with Gasteiger partial charge in [0, 0.05) is 0 Å². The first kappa shape index (κ1) is 18.9. The first-order chi connectivity index (χ1) is 6.69. The van der Waals surface area contributed by atoms with E-state index in [1.807, 2.05) is 0 Å². The van der Waals surface area contributed by atoms with Crippen LogP contribution in [0, 0.1) is 0 Å². The third-order valence-electron chi connectivity index (χ3n) is 1.35. The number of carbonyl (C=O) groups is 1. The van der Waals surface area contributed by atoms with E-state index < -0.39 is 33.2 Å². The summed E-state index contributed by atoms with van der Waals surface area (Å²) in [6, 6.07) is 0. The smallest absolute Gasteiger partial charge is 1.00 e. The standard InChI is InChI=1S/C4H2F6O5S.Li.H/c5-2(6,1(11)12)3(7,8)4(9,10)16(13,14)15;;/h(H,11,12)(H,13,14,15);;/q;+1;-1. The van der Waals surface area contributed by atoms with Crippen LogP contribution in [0.5, 0.6) is 0 Å². The van der Waals surface area contributed by atoms with Crippen molar-refractivity contribution in [1.29, 1.82) is 0 Å². The summed E-state index contributed by atoms with van der Waals surface area (Å²) in [6.07, 6.45) is 0. The zero-order chi connectivity index (χ0) is 13.6. The van der Waals surface area contributed by atoms with Crippen molar-refractivity contribution >= 4 is 16.1 Å². The largest absolute Gasteiger partial charge is 1.00 e. The van der Waals surface area contributed by atoms with Gasteiger partial charge in [-0.3, -0.25) is 4.55 Å². The molecule has 0 atom stereocenters. The van der Waals surface area contributed by atoms with Gasteiger partial charge in [0.25, 0.3) is 0 Å². The SMILES string of the molecule is O=C(O)C(F)(F)C(F)(F)C(F)(F)S(=O)(=O)O.[H-].[Li+]. The maximum absolute atomic E-state index is 12.3. The molecular formula is C4H3F6LiO5S. The Bertz CT molecular complexity index is 410. The molecule has 0 aromatic heterocycles. The van der Waals surface area contributed by atoms with Crippen molar-refractivity contribution in [2.45, 2.75) is 17.1 Å². The second kappa shape index (κ2) is 4.67. The average Bonchev–Trinajstić information content (AvgIpc) is 2.00. The Hall–Kier alpha value is -0.443. The third kappa shape index (κ3) is 2.70. The quantitative estimate of drug-likeness (QED) is 0.352. The Labute approximate surface area is 103 Å². The van der Waals surface area contributed by atoms with Gasteiger partial charge in [-0.2, -0.15) is 34.8 Å². The van der Waals surface area contributed by atoms with Crippen molar-refractivity contribution in [3.8, 4) is 0 Å². The molecule has 0 spiro atoms. The van der Waals surface area contributed by atoms with Crippen LogP contribution in [0.15, 0.2) is 0 Å². The molecule has 0 aliphatic carbocycles. The fourth-order valence-electron chi connectivity index (χ4n) is 0.479. The molecule has 98 valence electrons. The van der Waals surface area contributed by atoms with E-state index in [2.05, 4.69) is 0 Å². The van der Waals surface area contributed by atoms with Gasteiger partial charge in [-0.25, -0.2) is 4.79 Å². The summed E-state index contributed by atoms with van der Waals surface area (Å²) < 4.78 is 101. The van der Waals surface area contributed by atoms with E-state index in [0.29, 0.717) is 0 Å². The molecule has 2 N–H and O–H groups in total. The van der Waals surface area contributed by atoms with Gasteiger partial charge in [-0.1, -0.05) is 0 Å². The molecule has 0 aliphatic rings. The molecule has 5 nitrogen and oxygen atoms in total. The molecule has 0 saturated heterocycles. The molecule has 0 heterocycles. The number of alkyl halides is 6. The van der Waals surface area contributed by atoms with Crippen LogP contribution in [0.4, 0.5) is 26.3 Å². The Morgan fingerprint density at radius 3 is 1.53 bits per heavy atom. The van der Waals surface area contributed by atoms with Gasteiger partial charge in [-0.05, 0) is 0 Å². The molecule has 0 radical (unpaired) electrons. The topological polar surface area (TPSA) is 91.7 Å². The number of carboxylic acids is 1. The Morgan fingerprint density at radius 2 is 1.35 bits per heavy atom. The Morgan fingerprint density at radius 1 is 1.06 bits per heavy atom. The first-order valence-corrected chi connectivity index (χ1v) is 4.47. The number of hydrogen-bond donors (Lipinski definition) is 2.